The zero-order valence-electron chi connectivity index (χ0n) is 12.8. The first-order valence-electron chi connectivity index (χ1n) is 7.61. The summed E-state index contributed by atoms with van der Waals surface area (Å²) >= 11 is 0. The van der Waals surface area contributed by atoms with Crippen molar-refractivity contribution in [2.24, 2.45) is 7.05 Å². The Hall–Kier alpha value is -1.81. The third kappa shape index (κ3) is 2.68. The molecular weight excluding hydrogens is 262 g/mol. The van der Waals surface area contributed by atoms with Crippen LogP contribution in [0.3, 0.4) is 0 Å². The summed E-state index contributed by atoms with van der Waals surface area (Å²) < 4.78 is 7.21. The van der Waals surface area contributed by atoms with Crippen LogP contribution >= 0.6 is 0 Å². The topological polar surface area (TPSA) is 53.1 Å². The third-order valence-electron chi connectivity index (χ3n) is 4.43. The Bertz CT molecular complexity index is 610. The Balaban J connectivity index is 1.92. The molecule has 21 heavy (non-hydrogen) atoms. The van der Waals surface area contributed by atoms with Crippen LogP contribution in [-0.2, 0) is 18.4 Å². The number of benzene rings is 1. The third-order valence-corrected chi connectivity index (χ3v) is 4.43. The molecule has 4 heteroatoms. The van der Waals surface area contributed by atoms with Crippen molar-refractivity contribution in [1.82, 2.24) is 9.55 Å². The lowest BCUT2D eigenvalue weighted by molar-refractivity contribution is 0.185. The summed E-state index contributed by atoms with van der Waals surface area (Å²) in [6.07, 6.45) is 5.07. The van der Waals surface area contributed by atoms with Crippen LogP contribution in [0.4, 0.5) is 5.82 Å². The van der Waals surface area contributed by atoms with Gasteiger partial charge in [0.15, 0.2) is 0 Å². The lowest BCUT2D eigenvalue weighted by atomic mass is 10.1. The van der Waals surface area contributed by atoms with Crippen molar-refractivity contribution in [3.63, 3.8) is 0 Å². The lowest BCUT2D eigenvalue weighted by Crippen LogP contribution is -2.05. The molecule has 0 radical (unpaired) electrons. The van der Waals surface area contributed by atoms with Crippen LogP contribution in [-0.4, -0.2) is 16.7 Å². The van der Waals surface area contributed by atoms with Crippen molar-refractivity contribution >= 4 is 5.82 Å². The van der Waals surface area contributed by atoms with Gasteiger partial charge in [-0.15, -0.1) is 0 Å². The molecule has 2 N–H and O–H groups in total. The molecule has 4 nitrogen and oxygen atoms in total. The molecule has 0 saturated heterocycles. The van der Waals surface area contributed by atoms with Crippen LogP contribution in [0.1, 0.15) is 43.0 Å². The Morgan fingerprint density at radius 3 is 2.52 bits per heavy atom. The van der Waals surface area contributed by atoms with Gasteiger partial charge in [-0.05, 0) is 18.4 Å². The van der Waals surface area contributed by atoms with Crippen LogP contribution in [0.2, 0.25) is 0 Å². The van der Waals surface area contributed by atoms with E-state index in [1.165, 1.54) is 25.7 Å². The van der Waals surface area contributed by atoms with E-state index in [1.54, 1.807) is 7.11 Å². The normalized spacial score (nSPS) is 15.7. The fourth-order valence-electron chi connectivity index (χ4n) is 3.22. The minimum absolute atomic E-state index is 0.568. The van der Waals surface area contributed by atoms with Gasteiger partial charge in [0.05, 0.1) is 6.61 Å². The molecule has 2 aromatic rings. The number of imidazole rings is 1. The van der Waals surface area contributed by atoms with Crippen LogP contribution in [0, 0.1) is 0 Å². The first-order valence-corrected chi connectivity index (χ1v) is 7.61. The van der Waals surface area contributed by atoms with Crippen molar-refractivity contribution in [2.45, 2.75) is 38.2 Å². The number of hydrogen-bond donors (Lipinski definition) is 1. The highest BCUT2D eigenvalue weighted by atomic mass is 16.5. The minimum Gasteiger partial charge on any atom is -0.383 e. The summed E-state index contributed by atoms with van der Waals surface area (Å²) in [5, 5.41) is 0. The molecule has 1 heterocycles. The largest absolute Gasteiger partial charge is 0.383 e. The molecule has 0 aliphatic heterocycles. The second-order valence-corrected chi connectivity index (χ2v) is 5.87. The second kappa shape index (κ2) is 5.90. The van der Waals surface area contributed by atoms with Gasteiger partial charge >= 0.3 is 0 Å². The van der Waals surface area contributed by atoms with Gasteiger partial charge in [-0.2, -0.15) is 0 Å². The maximum absolute atomic E-state index is 6.28. The average molecular weight is 285 g/mol. The number of hydrogen-bond acceptors (Lipinski definition) is 3. The number of rotatable bonds is 4. The summed E-state index contributed by atoms with van der Waals surface area (Å²) in [5.74, 6) is 2.47. The van der Waals surface area contributed by atoms with Crippen LogP contribution in [0.15, 0.2) is 24.3 Å². The van der Waals surface area contributed by atoms with Crippen molar-refractivity contribution in [3.8, 4) is 11.3 Å². The number of nitrogens with two attached hydrogens (primary N) is 1. The van der Waals surface area contributed by atoms with E-state index in [2.05, 4.69) is 28.8 Å². The summed E-state index contributed by atoms with van der Waals surface area (Å²) in [5.41, 5.74) is 9.42. The molecule has 3 rings (SSSR count). The van der Waals surface area contributed by atoms with E-state index in [0.29, 0.717) is 12.5 Å². The van der Waals surface area contributed by atoms with Crippen LogP contribution < -0.4 is 5.73 Å². The predicted molar refractivity (Wildman–Crippen MR) is 85.0 cm³/mol. The Morgan fingerprint density at radius 1 is 1.24 bits per heavy atom. The van der Waals surface area contributed by atoms with Crippen molar-refractivity contribution in [2.75, 3.05) is 12.8 Å². The SMILES string of the molecule is COCc1ccc(-c2nc(C3CCCC3)n(C)c2N)cc1. The van der Waals surface area contributed by atoms with Gasteiger partial charge in [0, 0.05) is 25.6 Å². The van der Waals surface area contributed by atoms with E-state index in [9.17, 15) is 0 Å². The standard InChI is InChI=1S/C17H23N3O/c1-20-16(18)15(19-17(20)14-5-3-4-6-14)13-9-7-12(8-10-13)11-21-2/h7-10,14H,3-6,11,18H2,1-2H3. The molecule has 1 aromatic heterocycles. The molecule has 1 saturated carbocycles. The molecule has 1 aliphatic carbocycles. The van der Waals surface area contributed by atoms with Crippen LogP contribution in [0.5, 0.6) is 0 Å². The average Bonchev–Trinajstić information content (AvgIpc) is 3.11. The molecule has 1 aliphatic rings. The van der Waals surface area contributed by atoms with E-state index in [0.717, 1.165) is 28.5 Å². The molecule has 0 spiro atoms. The zero-order valence-corrected chi connectivity index (χ0v) is 12.8. The molecule has 0 unspecified atom stereocenters. The van der Waals surface area contributed by atoms with E-state index in [-0.39, 0.29) is 0 Å². The van der Waals surface area contributed by atoms with Gasteiger partial charge in [0.1, 0.15) is 17.3 Å². The van der Waals surface area contributed by atoms with Gasteiger partial charge in [0.2, 0.25) is 0 Å². The first kappa shape index (κ1) is 14.1. The smallest absolute Gasteiger partial charge is 0.131 e. The molecule has 1 fully saturated rings. The van der Waals surface area contributed by atoms with Crippen molar-refractivity contribution in [1.29, 1.82) is 0 Å². The van der Waals surface area contributed by atoms with E-state index in [1.807, 2.05) is 7.05 Å². The highest BCUT2D eigenvalue weighted by Gasteiger charge is 2.24. The van der Waals surface area contributed by atoms with Crippen molar-refractivity contribution in [3.05, 3.63) is 35.7 Å². The summed E-state index contributed by atoms with van der Waals surface area (Å²) in [6.45, 7) is 0.630. The van der Waals surface area contributed by atoms with Gasteiger partial charge < -0.3 is 15.0 Å². The molecule has 0 atom stereocenters. The zero-order chi connectivity index (χ0) is 14.8. The number of methoxy groups -OCH3 is 1. The molecule has 112 valence electrons. The summed E-state index contributed by atoms with van der Waals surface area (Å²) in [4.78, 5) is 4.84. The Kier molecular flexibility index (Phi) is 3.97. The molecule has 0 bridgehead atoms. The number of aromatic nitrogens is 2. The number of nitrogen functional groups attached to an aromatic ring is 1. The molecule has 0 amide bonds. The van der Waals surface area contributed by atoms with Gasteiger partial charge in [-0.3, -0.25) is 0 Å². The molecular formula is C17H23N3O. The number of nitrogens with zero attached hydrogens (tertiary/aromatic N) is 2. The highest BCUT2D eigenvalue weighted by molar-refractivity contribution is 5.71. The van der Waals surface area contributed by atoms with Gasteiger partial charge in [-0.25, -0.2) is 4.98 Å². The number of ether oxygens (including phenoxy) is 1. The summed E-state index contributed by atoms with van der Waals surface area (Å²) in [6, 6.07) is 8.29. The van der Waals surface area contributed by atoms with E-state index >= 15 is 0 Å². The quantitative estimate of drug-likeness (QED) is 0.935. The fourth-order valence-corrected chi connectivity index (χ4v) is 3.22. The lowest BCUT2D eigenvalue weighted by Gasteiger charge is -2.08. The Morgan fingerprint density at radius 2 is 1.90 bits per heavy atom. The fraction of sp³-hybridized carbons (Fsp3) is 0.471. The van der Waals surface area contributed by atoms with Gasteiger partial charge in [-0.1, -0.05) is 37.1 Å². The predicted octanol–water partition coefficient (Wildman–Crippen LogP) is 3.47. The second-order valence-electron chi connectivity index (χ2n) is 5.87. The number of anilines is 1. The first-order chi connectivity index (χ1) is 10.2. The van der Waals surface area contributed by atoms with Crippen molar-refractivity contribution < 1.29 is 4.74 Å². The maximum atomic E-state index is 6.28. The van der Waals surface area contributed by atoms with Crippen LogP contribution in [0.25, 0.3) is 11.3 Å². The maximum Gasteiger partial charge on any atom is 0.131 e. The summed E-state index contributed by atoms with van der Waals surface area (Å²) in [7, 11) is 3.73. The monoisotopic (exact) mass is 285 g/mol. The van der Waals surface area contributed by atoms with E-state index in [4.69, 9.17) is 15.5 Å². The van der Waals surface area contributed by atoms with E-state index < -0.39 is 0 Å². The molecule has 1 aromatic carbocycles. The van der Waals surface area contributed by atoms with Gasteiger partial charge in [0.25, 0.3) is 0 Å². The Labute approximate surface area is 125 Å². The highest BCUT2D eigenvalue weighted by Crippen LogP contribution is 2.36. The minimum atomic E-state index is 0.568.